The van der Waals surface area contributed by atoms with Crippen LogP contribution in [0.4, 0.5) is 0 Å². The number of rotatable bonds is 7. The van der Waals surface area contributed by atoms with Crippen molar-refractivity contribution in [2.24, 2.45) is 0 Å². The molecular weight excluding hydrogens is 569 g/mol. The molecule has 0 saturated carbocycles. The maximum Gasteiger partial charge on any atom is 0.0722 e. The maximum absolute atomic E-state index is 2.69. The predicted octanol–water partition coefficient (Wildman–Crippen LogP) is 13.0. The second kappa shape index (κ2) is 11.4. The summed E-state index contributed by atoms with van der Waals surface area (Å²) >= 11 is 0. The average molecular weight is 611 g/mol. The quantitative estimate of drug-likeness (QED) is 0.158. The standard InChI is InChI=1S/C45H42Si/c1-5-15-33-29-43-39(37-23-12-19-32-17-8-10-21-35(32)37)25-14-27-41(43)45(33)46(3,4)44-30(6-2)28-42-38(24-13-26-40(42)44)36-22-11-18-31-16-7-9-20-34(31)36/h7-14,16-29,44-45H,5-6,15H2,1-4H3. The second-order valence-corrected chi connectivity index (χ2v) is 18.7. The molecule has 0 spiro atoms. The minimum absolute atomic E-state index is 0.486. The van der Waals surface area contributed by atoms with Crippen molar-refractivity contribution in [1.29, 1.82) is 0 Å². The monoisotopic (exact) mass is 610 g/mol. The zero-order valence-electron chi connectivity index (χ0n) is 27.5. The second-order valence-electron chi connectivity index (χ2n) is 13.9. The number of hydrogen-bond acceptors (Lipinski definition) is 0. The van der Waals surface area contributed by atoms with E-state index in [0.29, 0.717) is 11.1 Å². The van der Waals surface area contributed by atoms with Gasteiger partial charge in [-0.1, -0.05) is 178 Å². The molecule has 2 aliphatic carbocycles. The number of fused-ring (bicyclic) bond motifs is 4. The molecule has 6 aromatic carbocycles. The predicted molar refractivity (Wildman–Crippen MR) is 203 cm³/mol. The van der Waals surface area contributed by atoms with Crippen molar-refractivity contribution >= 4 is 41.8 Å². The topological polar surface area (TPSA) is 0 Å². The Labute approximate surface area is 275 Å². The largest absolute Gasteiger partial charge is 0.0722 e. The van der Waals surface area contributed by atoms with Crippen molar-refractivity contribution in [3.05, 3.63) is 155 Å². The molecule has 0 heterocycles. The van der Waals surface area contributed by atoms with E-state index in [4.69, 9.17) is 0 Å². The van der Waals surface area contributed by atoms with Gasteiger partial charge < -0.3 is 0 Å². The first kappa shape index (κ1) is 29.0. The van der Waals surface area contributed by atoms with E-state index in [1.807, 2.05) is 0 Å². The van der Waals surface area contributed by atoms with Crippen molar-refractivity contribution in [1.82, 2.24) is 0 Å². The van der Waals surface area contributed by atoms with Gasteiger partial charge in [0.05, 0.1) is 8.07 Å². The molecule has 0 aromatic heterocycles. The SMILES string of the molecule is CCCC1=Cc2c(-c3cccc4ccccc34)cccc2C1[Si](C)(C)C1C(CC)=Cc2c(-c3cccc4ccccc34)cccc21. The third-order valence-corrected chi connectivity index (χ3v) is 15.2. The van der Waals surface area contributed by atoms with Crippen LogP contribution in [0.15, 0.2) is 132 Å². The van der Waals surface area contributed by atoms with E-state index in [-0.39, 0.29) is 0 Å². The molecule has 0 saturated heterocycles. The van der Waals surface area contributed by atoms with Gasteiger partial charge in [0.25, 0.3) is 0 Å². The van der Waals surface area contributed by atoms with Gasteiger partial charge in [-0.2, -0.15) is 0 Å². The van der Waals surface area contributed by atoms with Gasteiger partial charge in [-0.3, -0.25) is 0 Å². The summed E-state index contributed by atoms with van der Waals surface area (Å²) in [6.07, 6.45) is 8.61. The molecule has 8 rings (SSSR count). The Balaban J connectivity index is 1.28. The summed E-state index contributed by atoms with van der Waals surface area (Å²) in [5.74, 6) is 0. The lowest BCUT2D eigenvalue weighted by molar-refractivity contribution is 0.841. The van der Waals surface area contributed by atoms with E-state index < -0.39 is 8.07 Å². The summed E-state index contributed by atoms with van der Waals surface area (Å²) in [5.41, 5.74) is 15.7. The molecule has 2 unspecified atom stereocenters. The first-order valence-corrected chi connectivity index (χ1v) is 20.3. The Hall–Kier alpha value is -4.46. The van der Waals surface area contributed by atoms with E-state index in [1.165, 1.54) is 61.3 Å². The molecule has 1 heteroatoms. The van der Waals surface area contributed by atoms with E-state index in [9.17, 15) is 0 Å². The van der Waals surface area contributed by atoms with Crippen molar-refractivity contribution in [3.63, 3.8) is 0 Å². The van der Waals surface area contributed by atoms with Crippen LogP contribution in [0.3, 0.4) is 0 Å². The van der Waals surface area contributed by atoms with Crippen molar-refractivity contribution in [2.75, 3.05) is 0 Å². The third-order valence-electron chi connectivity index (χ3n) is 10.9. The Morgan fingerprint density at radius 1 is 0.478 bits per heavy atom. The van der Waals surface area contributed by atoms with Crippen LogP contribution < -0.4 is 0 Å². The summed E-state index contributed by atoms with van der Waals surface area (Å²) in [6.45, 7) is 10.1. The number of benzene rings is 6. The summed E-state index contributed by atoms with van der Waals surface area (Å²) in [6, 6.07) is 45.5. The Morgan fingerprint density at radius 3 is 1.43 bits per heavy atom. The minimum Gasteiger partial charge on any atom is -0.0679 e. The first-order chi connectivity index (χ1) is 22.5. The van der Waals surface area contributed by atoms with Crippen LogP contribution in [0, 0.1) is 0 Å². The highest BCUT2D eigenvalue weighted by Crippen LogP contribution is 2.56. The smallest absolute Gasteiger partial charge is 0.0679 e. The molecule has 0 fully saturated rings. The zero-order valence-corrected chi connectivity index (χ0v) is 28.5. The molecule has 6 aromatic rings. The normalized spacial score (nSPS) is 17.2. The molecule has 46 heavy (non-hydrogen) atoms. The van der Waals surface area contributed by atoms with Gasteiger partial charge in [0, 0.05) is 11.1 Å². The molecule has 0 aliphatic heterocycles. The maximum atomic E-state index is 2.69. The molecule has 0 bridgehead atoms. The molecule has 0 N–H and O–H groups in total. The first-order valence-electron chi connectivity index (χ1n) is 17.1. The minimum atomic E-state index is -2.02. The van der Waals surface area contributed by atoms with E-state index in [2.05, 4.69) is 160 Å². The summed E-state index contributed by atoms with van der Waals surface area (Å²) in [4.78, 5) is 0. The molecule has 226 valence electrons. The van der Waals surface area contributed by atoms with Gasteiger partial charge in [-0.15, -0.1) is 0 Å². The highest BCUT2D eigenvalue weighted by atomic mass is 28.3. The van der Waals surface area contributed by atoms with Gasteiger partial charge in [0.15, 0.2) is 0 Å². The fraction of sp³-hybridized carbons (Fsp3) is 0.200. The van der Waals surface area contributed by atoms with Crippen LogP contribution in [-0.4, -0.2) is 8.07 Å². The Kier molecular flexibility index (Phi) is 7.18. The summed E-state index contributed by atoms with van der Waals surface area (Å²) < 4.78 is 0. The highest BCUT2D eigenvalue weighted by Gasteiger charge is 2.48. The van der Waals surface area contributed by atoms with Crippen molar-refractivity contribution in [2.45, 2.75) is 57.3 Å². The van der Waals surface area contributed by atoms with Crippen LogP contribution in [0.2, 0.25) is 13.1 Å². The van der Waals surface area contributed by atoms with Gasteiger partial charge in [0.1, 0.15) is 0 Å². The summed E-state index contributed by atoms with van der Waals surface area (Å²) in [5, 5.41) is 5.29. The molecular formula is C45H42Si. The fourth-order valence-electron chi connectivity index (χ4n) is 9.05. The lowest BCUT2D eigenvalue weighted by Gasteiger charge is -2.40. The Bertz CT molecular complexity index is 2180. The van der Waals surface area contributed by atoms with Crippen molar-refractivity contribution < 1.29 is 0 Å². The number of hydrogen-bond donors (Lipinski definition) is 0. The Morgan fingerprint density at radius 2 is 0.913 bits per heavy atom. The third kappa shape index (κ3) is 4.48. The molecule has 2 atom stereocenters. The van der Waals surface area contributed by atoms with Gasteiger partial charge >= 0.3 is 0 Å². The lowest BCUT2D eigenvalue weighted by atomic mass is 9.93. The van der Waals surface area contributed by atoms with Crippen LogP contribution >= 0.6 is 0 Å². The van der Waals surface area contributed by atoms with Gasteiger partial charge in [0.2, 0.25) is 0 Å². The highest BCUT2D eigenvalue weighted by molar-refractivity contribution is 6.81. The number of allylic oxidation sites excluding steroid dienone is 2. The van der Waals surface area contributed by atoms with Crippen LogP contribution in [-0.2, 0) is 0 Å². The fourth-order valence-corrected chi connectivity index (χ4v) is 13.9. The molecule has 0 radical (unpaired) electrons. The van der Waals surface area contributed by atoms with E-state index in [0.717, 1.165) is 12.8 Å². The molecule has 0 amide bonds. The van der Waals surface area contributed by atoms with Crippen LogP contribution in [0.1, 0.15) is 66.4 Å². The van der Waals surface area contributed by atoms with Crippen molar-refractivity contribution in [3.8, 4) is 22.3 Å². The van der Waals surface area contributed by atoms with Crippen LogP contribution in [0.25, 0.3) is 56.0 Å². The average Bonchev–Trinajstić information content (AvgIpc) is 3.67. The molecule has 2 aliphatic rings. The van der Waals surface area contributed by atoms with E-state index in [1.54, 1.807) is 22.3 Å². The van der Waals surface area contributed by atoms with Gasteiger partial charge in [-0.25, -0.2) is 0 Å². The summed E-state index contributed by atoms with van der Waals surface area (Å²) in [7, 11) is -2.02. The molecule has 0 nitrogen and oxygen atoms in total. The van der Waals surface area contributed by atoms with E-state index >= 15 is 0 Å². The lowest BCUT2D eigenvalue weighted by Crippen LogP contribution is -2.42. The van der Waals surface area contributed by atoms with Crippen LogP contribution in [0.5, 0.6) is 0 Å². The van der Waals surface area contributed by atoms with Gasteiger partial charge in [-0.05, 0) is 78.9 Å². The zero-order chi connectivity index (χ0) is 31.4.